The maximum absolute atomic E-state index is 12.9. The smallest absolute Gasteiger partial charge is 0.333 e. The van der Waals surface area contributed by atoms with Gasteiger partial charge in [0, 0.05) is 27.4 Å². The van der Waals surface area contributed by atoms with Gasteiger partial charge in [-0.05, 0) is 72.3 Å². The van der Waals surface area contributed by atoms with Crippen molar-refractivity contribution in [1.82, 2.24) is 9.71 Å². The third-order valence-electron chi connectivity index (χ3n) is 4.12. The number of nitrogens with one attached hydrogen (secondary N) is 1. The van der Waals surface area contributed by atoms with Gasteiger partial charge in [0.1, 0.15) is 4.75 Å². The molecule has 0 radical (unpaired) electrons. The van der Waals surface area contributed by atoms with Crippen LogP contribution in [0.1, 0.15) is 53.5 Å². The van der Waals surface area contributed by atoms with Gasteiger partial charge in [-0.2, -0.15) is 0 Å². The third-order valence-corrected chi connectivity index (χ3v) is 6.20. The second kappa shape index (κ2) is 7.70. The summed E-state index contributed by atoms with van der Waals surface area (Å²) in [5, 5.41) is 11.1. The highest BCUT2D eigenvalue weighted by atomic mass is 79.9. The van der Waals surface area contributed by atoms with Gasteiger partial charge in [-0.1, -0.05) is 26.8 Å². The highest BCUT2D eigenvalue weighted by molar-refractivity contribution is 9.10. The minimum absolute atomic E-state index is 0.282. The van der Waals surface area contributed by atoms with Gasteiger partial charge in [0.25, 0.3) is 0 Å². The van der Waals surface area contributed by atoms with Crippen LogP contribution >= 0.6 is 15.9 Å². The number of rotatable bonds is 5. The number of carboxylic acid groups (broad SMARTS) is 1. The van der Waals surface area contributed by atoms with E-state index in [2.05, 4.69) is 25.6 Å². The fraction of sp³-hybridized carbons (Fsp3) is 0.500. The van der Waals surface area contributed by atoms with E-state index in [1.165, 1.54) is 0 Å². The van der Waals surface area contributed by atoms with E-state index in [9.17, 15) is 14.5 Å². The van der Waals surface area contributed by atoms with Gasteiger partial charge in [-0.25, -0.2) is 4.79 Å². The summed E-state index contributed by atoms with van der Waals surface area (Å²) in [7, 11) is 0. The summed E-state index contributed by atoms with van der Waals surface area (Å²) in [5.41, 5.74) is -0.450. The quantitative estimate of drug-likeness (QED) is 0.635. The molecule has 0 saturated carbocycles. The normalized spacial score (nSPS) is 16.1. The van der Waals surface area contributed by atoms with Gasteiger partial charge in [0.2, 0.25) is 0 Å². The van der Waals surface area contributed by atoms with Crippen LogP contribution in [-0.4, -0.2) is 25.4 Å². The first-order chi connectivity index (χ1) is 12.2. The Balaban J connectivity index is 2.68. The van der Waals surface area contributed by atoms with Crippen LogP contribution < -0.4 is 4.72 Å². The highest BCUT2D eigenvalue weighted by Crippen LogP contribution is 2.38. The number of fused-ring (bicyclic) bond motifs is 1. The Morgan fingerprint density at radius 3 is 2.37 bits per heavy atom. The van der Waals surface area contributed by atoms with E-state index < -0.39 is 27.6 Å². The van der Waals surface area contributed by atoms with Gasteiger partial charge < -0.3 is 9.66 Å². The molecule has 1 aromatic heterocycles. The van der Waals surface area contributed by atoms with E-state index in [1.807, 2.05) is 53.7 Å². The standard InChI is InChI=1S/C20H27BrN2O3S/c1-18(2,3)12-20(17(24)25,23-27(26)19(4,5)6)14-7-8-16-13(9-14)10-15(21)11-22-16/h7-11,23H,12H2,1-6H3,(H,24,25). The molecule has 2 atom stereocenters. The number of carbonyl (C=O) groups is 1. The first-order valence-electron chi connectivity index (χ1n) is 8.73. The summed E-state index contributed by atoms with van der Waals surface area (Å²) in [6.45, 7) is 11.4. The number of aliphatic carboxylic acids is 1. The van der Waals surface area contributed by atoms with Crippen LogP contribution in [0, 0.1) is 5.41 Å². The molecule has 2 unspecified atom stereocenters. The Morgan fingerprint density at radius 1 is 1.22 bits per heavy atom. The lowest BCUT2D eigenvalue weighted by Gasteiger charge is -2.38. The van der Waals surface area contributed by atoms with E-state index >= 15 is 0 Å². The molecule has 1 aromatic carbocycles. The Bertz CT molecular complexity index is 845. The van der Waals surface area contributed by atoms with Crippen LogP contribution in [-0.2, 0) is 21.7 Å². The fourth-order valence-corrected chi connectivity index (χ4v) is 4.17. The van der Waals surface area contributed by atoms with E-state index in [4.69, 9.17) is 0 Å². The Morgan fingerprint density at radius 2 is 1.85 bits per heavy atom. The minimum Gasteiger partial charge on any atom is -0.598 e. The first kappa shape index (κ1) is 22.1. The molecule has 0 saturated heterocycles. The molecule has 2 aromatic rings. The van der Waals surface area contributed by atoms with Crippen molar-refractivity contribution in [3.63, 3.8) is 0 Å². The lowest BCUT2D eigenvalue weighted by molar-refractivity contribution is -0.146. The number of halogens is 1. The molecule has 0 bridgehead atoms. The lowest BCUT2D eigenvalue weighted by atomic mass is 9.76. The number of carboxylic acids is 1. The average molecular weight is 455 g/mol. The summed E-state index contributed by atoms with van der Waals surface area (Å²) in [4.78, 5) is 16.9. The van der Waals surface area contributed by atoms with E-state index in [-0.39, 0.29) is 11.8 Å². The van der Waals surface area contributed by atoms with E-state index in [1.54, 1.807) is 18.3 Å². The second-order valence-corrected chi connectivity index (χ2v) is 11.9. The first-order valence-corrected chi connectivity index (χ1v) is 10.7. The summed E-state index contributed by atoms with van der Waals surface area (Å²) in [6, 6.07) is 7.28. The molecular weight excluding hydrogens is 428 g/mol. The summed E-state index contributed by atoms with van der Waals surface area (Å²) < 4.78 is 16.1. The minimum atomic E-state index is -1.56. The molecule has 27 heavy (non-hydrogen) atoms. The Hall–Kier alpha value is -1.15. The molecule has 7 heteroatoms. The maximum Gasteiger partial charge on any atom is 0.333 e. The molecule has 0 fully saturated rings. The van der Waals surface area contributed by atoms with Crippen LogP contribution in [0.3, 0.4) is 0 Å². The fourth-order valence-electron chi connectivity index (χ4n) is 2.92. The van der Waals surface area contributed by atoms with Crippen molar-refractivity contribution in [1.29, 1.82) is 0 Å². The summed E-state index contributed by atoms with van der Waals surface area (Å²) in [5.74, 6) is -1.04. The van der Waals surface area contributed by atoms with Gasteiger partial charge in [0.15, 0.2) is 5.54 Å². The zero-order valence-electron chi connectivity index (χ0n) is 16.6. The zero-order chi connectivity index (χ0) is 20.6. The van der Waals surface area contributed by atoms with Gasteiger partial charge >= 0.3 is 5.97 Å². The van der Waals surface area contributed by atoms with Crippen molar-refractivity contribution in [2.45, 2.75) is 58.2 Å². The van der Waals surface area contributed by atoms with Crippen molar-refractivity contribution >= 4 is 44.2 Å². The average Bonchev–Trinajstić information content (AvgIpc) is 2.50. The molecule has 1 heterocycles. The molecule has 0 amide bonds. The van der Waals surface area contributed by atoms with Crippen LogP contribution in [0.2, 0.25) is 0 Å². The van der Waals surface area contributed by atoms with Crippen molar-refractivity contribution < 1.29 is 14.5 Å². The molecule has 5 nitrogen and oxygen atoms in total. The molecular formula is C20H27BrN2O3S. The summed E-state index contributed by atoms with van der Waals surface area (Å²) >= 11 is 1.85. The van der Waals surface area contributed by atoms with Crippen molar-refractivity contribution in [3.8, 4) is 0 Å². The van der Waals surface area contributed by atoms with Gasteiger partial charge in [-0.15, -0.1) is 4.72 Å². The monoisotopic (exact) mass is 454 g/mol. The molecule has 0 aliphatic heterocycles. The summed E-state index contributed by atoms with van der Waals surface area (Å²) in [6.07, 6.45) is 1.98. The molecule has 0 aliphatic carbocycles. The van der Waals surface area contributed by atoms with Gasteiger partial charge in [-0.3, -0.25) is 4.98 Å². The van der Waals surface area contributed by atoms with Gasteiger partial charge in [0.05, 0.1) is 5.52 Å². The van der Waals surface area contributed by atoms with E-state index in [0.29, 0.717) is 5.56 Å². The van der Waals surface area contributed by atoms with Crippen LogP contribution in [0.4, 0.5) is 0 Å². The molecule has 0 aliphatic rings. The topological polar surface area (TPSA) is 85.3 Å². The molecule has 0 spiro atoms. The number of nitrogens with zero attached hydrogens (tertiary/aromatic N) is 1. The number of aromatic nitrogens is 1. The maximum atomic E-state index is 12.9. The van der Waals surface area contributed by atoms with Crippen LogP contribution in [0.25, 0.3) is 10.9 Å². The number of benzene rings is 1. The molecule has 2 rings (SSSR count). The number of hydrogen-bond donors (Lipinski definition) is 2. The molecule has 2 N–H and O–H groups in total. The largest absolute Gasteiger partial charge is 0.598 e. The van der Waals surface area contributed by atoms with Crippen molar-refractivity contribution in [2.75, 3.05) is 0 Å². The predicted molar refractivity (Wildman–Crippen MR) is 114 cm³/mol. The SMILES string of the molecule is CC(C)(C)CC(N[S+]([O-])C(C)(C)C)(C(=O)O)c1ccc2ncc(Br)cc2c1. The molecule has 148 valence electrons. The highest BCUT2D eigenvalue weighted by Gasteiger charge is 2.49. The predicted octanol–water partition coefficient (Wildman–Crippen LogP) is 4.77. The zero-order valence-corrected chi connectivity index (χ0v) is 19.0. The van der Waals surface area contributed by atoms with Crippen molar-refractivity contribution in [2.24, 2.45) is 5.41 Å². The van der Waals surface area contributed by atoms with Crippen molar-refractivity contribution in [3.05, 3.63) is 40.5 Å². The lowest BCUT2D eigenvalue weighted by Crippen LogP contribution is -2.57. The Kier molecular flexibility index (Phi) is 6.31. The third kappa shape index (κ3) is 5.22. The van der Waals surface area contributed by atoms with Crippen LogP contribution in [0.15, 0.2) is 34.9 Å². The number of hydrogen-bond acceptors (Lipinski definition) is 4. The Labute approximate surface area is 172 Å². The van der Waals surface area contributed by atoms with E-state index in [0.717, 1.165) is 15.4 Å². The second-order valence-electron chi connectivity index (χ2n) is 8.99. The van der Waals surface area contributed by atoms with Crippen LogP contribution in [0.5, 0.6) is 0 Å². The number of pyridine rings is 1.